The molecule has 34 heavy (non-hydrogen) atoms. The number of hydrogen-bond acceptors (Lipinski definition) is 8. The Balaban J connectivity index is 1.61. The summed E-state index contributed by atoms with van der Waals surface area (Å²) in [6.45, 7) is 4.94. The molecule has 2 aromatic carbocycles. The molecule has 0 spiro atoms. The van der Waals surface area contributed by atoms with E-state index in [9.17, 15) is 18.0 Å². The van der Waals surface area contributed by atoms with Gasteiger partial charge in [-0.15, -0.1) is 0 Å². The van der Waals surface area contributed by atoms with Gasteiger partial charge in [-0.2, -0.15) is 4.31 Å². The van der Waals surface area contributed by atoms with Crippen molar-refractivity contribution in [1.82, 2.24) is 4.31 Å². The normalized spacial score (nSPS) is 15.3. The molecule has 0 bridgehead atoms. The van der Waals surface area contributed by atoms with Gasteiger partial charge in [0.15, 0.2) is 17.6 Å². The molecule has 1 amide bonds. The molecule has 1 aliphatic rings. The summed E-state index contributed by atoms with van der Waals surface area (Å²) in [5.41, 5.74) is 0.582. The summed E-state index contributed by atoms with van der Waals surface area (Å²) in [4.78, 5) is 25.1. The van der Waals surface area contributed by atoms with E-state index in [-0.39, 0.29) is 10.5 Å². The van der Waals surface area contributed by atoms with E-state index in [0.29, 0.717) is 50.1 Å². The summed E-state index contributed by atoms with van der Waals surface area (Å²) < 4.78 is 47.9. The monoisotopic (exact) mass is 492 g/mol. The maximum atomic E-state index is 12.7. The summed E-state index contributed by atoms with van der Waals surface area (Å²) in [7, 11) is -2.14. The van der Waals surface area contributed by atoms with Gasteiger partial charge in [-0.25, -0.2) is 13.2 Å². The van der Waals surface area contributed by atoms with Crippen molar-refractivity contribution in [3.8, 4) is 11.5 Å². The van der Waals surface area contributed by atoms with Crippen LogP contribution in [-0.2, 0) is 24.3 Å². The Hall–Kier alpha value is -3.15. The maximum Gasteiger partial charge on any atom is 0.339 e. The first kappa shape index (κ1) is 25.5. The lowest BCUT2D eigenvalue weighted by Gasteiger charge is -2.26. The lowest BCUT2D eigenvalue weighted by atomic mass is 10.2. The van der Waals surface area contributed by atoms with Crippen molar-refractivity contribution in [1.29, 1.82) is 0 Å². The number of benzene rings is 2. The van der Waals surface area contributed by atoms with Gasteiger partial charge in [0.05, 0.1) is 37.4 Å². The summed E-state index contributed by atoms with van der Waals surface area (Å²) in [5, 5.41) is 2.62. The predicted octanol–water partition coefficient (Wildman–Crippen LogP) is 2.30. The second kappa shape index (κ2) is 11.3. The second-order valence-electron chi connectivity index (χ2n) is 7.38. The molecule has 11 heteroatoms. The molecule has 10 nitrogen and oxygen atoms in total. The molecule has 3 rings (SSSR count). The van der Waals surface area contributed by atoms with Crippen LogP contribution < -0.4 is 14.8 Å². The Morgan fingerprint density at radius 3 is 2.38 bits per heavy atom. The third-order valence-corrected chi connectivity index (χ3v) is 6.99. The number of ether oxygens (including phenoxy) is 4. The number of nitrogens with one attached hydrogen (secondary N) is 1. The summed E-state index contributed by atoms with van der Waals surface area (Å²) >= 11 is 0. The highest BCUT2D eigenvalue weighted by molar-refractivity contribution is 7.89. The first-order valence-corrected chi connectivity index (χ1v) is 12.2. The van der Waals surface area contributed by atoms with Crippen LogP contribution in [0.5, 0.6) is 11.5 Å². The van der Waals surface area contributed by atoms with Crippen LogP contribution in [0, 0.1) is 0 Å². The minimum absolute atomic E-state index is 0.122. The summed E-state index contributed by atoms with van der Waals surface area (Å²) in [6, 6.07) is 10.4. The molecule has 1 fully saturated rings. The molecular formula is C23H28N2O8S. The average Bonchev–Trinajstić information content (AvgIpc) is 2.85. The third-order valence-electron chi connectivity index (χ3n) is 5.08. The van der Waals surface area contributed by atoms with E-state index in [4.69, 9.17) is 18.9 Å². The smallest absolute Gasteiger partial charge is 0.339 e. The Bertz CT molecular complexity index is 1110. The molecule has 0 aromatic heterocycles. The first-order chi connectivity index (χ1) is 16.3. The molecule has 0 saturated carbocycles. The van der Waals surface area contributed by atoms with Gasteiger partial charge in [-0.05, 0) is 56.3 Å². The first-order valence-electron chi connectivity index (χ1n) is 10.8. The van der Waals surface area contributed by atoms with E-state index in [1.54, 1.807) is 13.0 Å². The molecule has 0 radical (unpaired) electrons. The Morgan fingerprint density at radius 1 is 1.09 bits per heavy atom. The molecule has 2 aromatic rings. The number of carbonyl (C=O) groups excluding carboxylic acids is 2. The van der Waals surface area contributed by atoms with Crippen molar-refractivity contribution in [3.05, 3.63) is 48.0 Å². The molecule has 1 saturated heterocycles. The Labute approximate surface area is 198 Å². The highest BCUT2D eigenvalue weighted by atomic mass is 32.2. The van der Waals surface area contributed by atoms with E-state index in [0.717, 1.165) is 0 Å². The molecule has 1 heterocycles. The number of nitrogens with zero attached hydrogens (tertiary/aromatic N) is 1. The fourth-order valence-corrected chi connectivity index (χ4v) is 4.65. The van der Waals surface area contributed by atoms with E-state index in [1.165, 1.54) is 54.7 Å². The van der Waals surface area contributed by atoms with Crippen LogP contribution in [0.15, 0.2) is 47.4 Å². The van der Waals surface area contributed by atoms with Gasteiger partial charge in [0.1, 0.15) is 0 Å². The SMILES string of the molecule is CCOc1cc(C(=O)OC(C)C(=O)Nc2ccc(S(=O)(=O)N3CCOCC3)cc2)ccc1OC. The minimum Gasteiger partial charge on any atom is -0.493 e. The zero-order valence-corrected chi connectivity index (χ0v) is 20.1. The van der Waals surface area contributed by atoms with Crippen molar-refractivity contribution in [2.24, 2.45) is 0 Å². The van der Waals surface area contributed by atoms with Crippen molar-refractivity contribution in [2.75, 3.05) is 45.3 Å². The van der Waals surface area contributed by atoms with E-state index in [1.807, 2.05) is 0 Å². The van der Waals surface area contributed by atoms with Gasteiger partial charge >= 0.3 is 5.97 Å². The highest BCUT2D eigenvalue weighted by Crippen LogP contribution is 2.28. The van der Waals surface area contributed by atoms with Gasteiger partial charge in [0.2, 0.25) is 10.0 Å². The number of morpholine rings is 1. The quantitative estimate of drug-likeness (QED) is 0.530. The van der Waals surface area contributed by atoms with Gasteiger partial charge < -0.3 is 24.3 Å². The van der Waals surface area contributed by atoms with Crippen LogP contribution >= 0.6 is 0 Å². The van der Waals surface area contributed by atoms with E-state index in [2.05, 4.69) is 5.32 Å². The number of carbonyl (C=O) groups is 2. The lowest BCUT2D eigenvalue weighted by Crippen LogP contribution is -2.40. The van der Waals surface area contributed by atoms with Crippen molar-refractivity contribution >= 4 is 27.6 Å². The molecule has 184 valence electrons. The Morgan fingerprint density at radius 2 is 1.76 bits per heavy atom. The Kier molecular flexibility index (Phi) is 8.48. The fraction of sp³-hybridized carbons (Fsp3) is 0.391. The lowest BCUT2D eigenvalue weighted by molar-refractivity contribution is -0.123. The van der Waals surface area contributed by atoms with Crippen LogP contribution in [0.25, 0.3) is 0 Å². The summed E-state index contributed by atoms with van der Waals surface area (Å²) in [5.74, 6) is -0.388. The van der Waals surface area contributed by atoms with E-state index < -0.39 is 28.0 Å². The molecule has 0 aliphatic carbocycles. The van der Waals surface area contributed by atoms with Gasteiger partial charge in [0, 0.05) is 18.8 Å². The third kappa shape index (κ3) is 6.04. The fourth-order valence-electron chi connectivity index (χ4n) is 3.24. The maximum absolute atomic E-state index is 12.7. The highest BCUT2D eigenvalue weighted by Gasteiger charge is 2.26. The predicted molar refractivity (Wildman–Crippen MR) is 124 cm³/mol. The van der Waals surface area contributed by atoms with Crippen LogP contribution in [0.3, 0.4) is 0 Å². The van der Waals surface area contributed by atoms with Gasteiger partial charge in [-0.1, -0.05) is 0 Å². The summed E-state index contributed by atoms with van der Waals surface area (Å²) in [6.07, 6.45) is -1.10. The topological polar surface area (TPSA) is 120 Å². The number of esters is 1. The van der Waals surface area contributed by atoms with Crippen LogP contribution in [0.2, 0.25) is 0 Å². The van der Waals surface area contributed by atoms with Crippen molar-refractivity contribution in [2.45, 2.75) is 24.8 Å². The zero-order valence-electron chi connectivity index (χ0n) is 19.3. The van der Waals surface area contributed by atoms with E-state index >= 15 is 0 Å². The second-order valence-corrected chi connectivity index (χ2v) is 9.31. The molecular weight excluding hydrogens is 464 g/mol. The zero-order chi connectivity index (χ0) is 24.7. The molecule has 1 atom stereocenters. The largest absolute Gasteiger partial charge is 0.493 e. The number of methoxy groups -OCH3 is 1. The van der Waals surface area contributed by atoms with Crippen LogP contribution in [0.4, 0.5) is 5.69 Å². The molecule has 1 unspecified atom stereocenters. The number of rotatable bonds is 9. The number of anilines is 1. The standard InChI is InChI=1S/C23H28N2O8S/c1-4-32-21-15-17(5-10-20(21)30-3)23(27)33-16(2)22(26)24-18-6-8-19(9-7-18)34(28,29)25-11-13-31-14-12-25/h5-10,15-16H,4,11-14H2,1-3H3,(H,24,26). The number of amides is 1. The molecule has 1 N–H and O–H groups in total. The van der Waals surface area contributed by atoms with Gasteiger partial charge in [-0.3, -0.25) is 4.79 Å². The van der Waals surface area contributed by atoms with Gasteiger partial charge in [0.25, 0.3) is 5.91 Å². The van der Waals surface area contributed by atoms with Crippen LogP contribution in [0.1, 0.15) is 24.2 Å². The number of hydrogen-bond donors (Lipinski definition) is 1. The van der Waals surface area contributed by atoms with Crippen molar-refractivity contribution in [3.63, 3.8) is 0 Å². The average molecular weight is 493 g/mol. The molecule has 1 aliphatic heterocycles. The van der Waals surface area contributed by atoms with Crippen LogP contribution in [-0.4, -0.2) is 70.7 Å². The minimum atomic E-state index is -3.63. The number of sulfonamides is 1. The van der Waals surface area contributed by atoms with Crippen molar-refractivity contribution < 1.29 is 37.0 Å².